The Labute approximate surface area is 232 Å². The maximum Gasteiger partial charge on any atom is 2.00 e. The summed E-state index contributed by atoms with van der Waals surface area (Å²) in [6.07, 6.45) is -7.89. The molecular formula is C28H27F3N2O4V. The van der Waals surface area contributed by atoms with Crippen molar-refractivity contribution in [2.45, 2.75) is 19.2 Å². The first-order valence-corrected chi connectivity index (χ1v) is 11.4. The third-order valence-electron chi connectivity index (χ3n) is 5.11. The van der Waals surface area contributed by atoms with Crippen molar-refractivity contribution in [2.24, 2.45) is 0 Å². The fourth-order valence-corrected chi connectivity index (χ4v) is 3.06. The van der Waals surface area contributed by atoms with Crippen molar-refractivity contribution in [1.29, 1.82) is 0 Å². The number of carbonyl (C=O) groups excluding carboxylic acids is 3. The molecule has 1 aliphatic heterocycles. The first-order chi connectivity index (χ1) is 17.7. The first-order valence-electron chi connectivity index (χ1n) is 11.4. The normalized spacial score (nSPS) is 13.3. The molecule has 2 amide bonds. The molecule has 0 saturated carbocycles. The van der Waals surface area contributed by atoms with Gasteiger partial charge in [-0.2, -0.15) is 49.6 Å². The summed E-state index contributed by atoms with van der Waals surface area (Å²) in [6.45, 7) is 2.64. The molecule has 4 rings (SSSR count). The molecule has 0 bridgehead atoms. The van der Waals surface area contributed by atoms with E-state index in [4.69, 9.17) is 0 Å². The Morgan fingerprint density at radius 2 is 1.45 bits per heavy atom. The Morgan fingerprint density at radius 1 is 0.921 bits per heavy atom. The predicted octanol–water partition coefficient (Wildman–Crippen LogP) is 5.08. The molecule has 1 heterocycles. The SMILES string of the molecule is Cc1ccc(-c2ccccc2)cc1.O=[C-]C(OC(=O)N1CCN(C=O)CC1)C(F)(F)F.[V+2].[c-]1ccccc1. The van der Waals surface area contributed by atoms with Gasteiger partial charge in [-0.25, -0.2) is 11.1 Å². The summed E-state index contributed by atoms with van der Waals surface area (Å²) in [4.78, 5) is 34.2. The average molecular weight is 563 g/mol. The summed E-state index contributed by atoms with van der Waals surface area (Å²) in [6, 6.07) is 31.5. The number of rotatable bonds is 4. The van der Waals surface area contributed by atoms with E-state index in [1.165, 1.54) is 21.6 Å². The molecule has 1 unspecified atom stereocenters. The Hall–Kier alpha value is -3.56. The summed E-state index contributed by atoms with van der Waals surface area (Å²) in [5, 5.41) is 0. The monoisotopic (exact) mass is 563 g/mol. The van der Waals surface area contributed by atoms with Gasteiger partial charge < -0.3 is 19.3 Å². The van der Waals surface area contributed by atoms with Crippen LogP contribution in [0, 0.1) is 13.0 Å². The van der Waals surface area contributed by atoms with Gasteiger partial charge in [-0.1, -0.05) is 60.2 Å². The molecule has 38 heavy (non-hydrogen) atoms. The van der Waals surface area contributed by atoms with Crippen LogP contribution in [0.4, 0.5) is 18.0 Å². The predicted molar refractivity (Wildman–Crippen MR) is 133 cm³/mol. The van der Waals surface area contributed by atoms with Crippen molar-refractivity contribution in [1.82, 2.24) is 9.80 Å². The molecule has 1 saturated heterocycles. The number of piperazine rings is 1. The zero-order chi connectivity index (χ0) is 27.1. The number of halogens is 3. The van der Waals surface area contributed by atoms with Gasteiger partial charge in [0.05, 0.1) is 0 Å². The fourth-order valence-electron chi connectivity index (χ4n) is 3.06. The molecule has 1 radical (unpaired) electrons. The molecule has 0 aliphatic carbocycles. The summed E-state index contributed by atoms with van der Waals surface area (Å²) < 4.78 is 40.5. The van der Waals surface area contributed by atoms with Crippen LogP contribution in [-0.4, -0.2) is 67.0 Å². The molecule has 10 heteroatoms. The van der Waals surface area contributed by atoms with Gasteiger partial charge in [0.2, 0.25) is 6.41 Å². The zero-order valence-corrected chi connectivity index (χ0v) is 22.1. The second-order valence-electron chi connectivity index (χ2n) is 7.86. The van der Waals surface area contributed by atoms with Gasteiger partial charge in [0.1, 0.15) is 6.10 Å². The molecule has 0 aromatic heterocycles. The van der Waals surface area contributed by atoms with E-state index in [0.717, 1.165) is 4.90 Å². The minimum absolute atomic E-state index is 0. The van der Waals surface area contributed by atoms with E-state index in [9.17, 15) is 27.6 Å². The van der Waals surface area contributed by atoms with Gasteiger partial charge in [0, 0.05) is 26.2 Å². The number of ether oxygens (including phenoxy) is 1. The van der Waals surface area contributed by atoms with E-state index < -0.39 is 18.4 Å². The van der Waals surface area contributed by atoms with Gasteiger partial charge in [-0.3, -0.25) is 4.79 Å². The Morgan fingerprint density at radius 3 is 1.87 bits per heavy atom. The van der Waals surface area contributed by atoms with Gasteiger partial charge in [-0.05, 0) is 18.1 Å². The Bertz CT molecular complexity index is 1050. The third-order valence-corrected chi connectivity index (χ3v) is 5.11. The summed E-state index contributed by atoms with van der Waals surface area (Å²) in [5.74, 6) is 0. The number of carbonyl (C=O) groups is 2. The van der Waals surface area contributed by atoms with Gasteiger partial charge >= 0.3 is 30.8 Å². The molecule has 199 valence electrons. The van der Waals surface area contributed by atoms with E-state index in [0.29, 0.717) is 12.7 Å². The molecular weight excluding hydrogens is 536 g/mol. The average Bonchev–Trinajstić information content (AvgIpc) is 2.93. The van der Waals surface area contributed by atoms with E-state index in [-0.39, 0.29) is 44.7 Å². The largest absolute Gasteiger partial charge is 2.00 e. The number of aryl methyl sites for hydroxylation is 1. The van der Waals surface area contributed by atoms with Crippen LogP contribution in [0.25, 0.3) is 11.1 Å². The van der Waals surface area contributed by atoms with Crippen LogP contribution in [0.2, 0.25) is 0 Å². The van der Waals surface area contributed by atoms with E-state index in [1.54, 1.807) is 0 Å². The molecule has 0 N–H and O–H groups in total. The number of alkyl halides is 3. The Balaban J connectivity index is 0.000000313. The quantitative estimate of drug-likeness (QED) is 0.328. The molecule has 3 aromatic carbocycles. The van der Waals surface area contributed by atoms with Crippen LogP contribution in [0.5, 0.6) is 0 Å². The third kappa shape index (κ3) is 11.7. The smallest absolute Gasteiger partial charge is 0.538 e. The number of nitrogens with zero attached hydrogens (tertiary/aromatic N) is 2. The second kappa shape index (κ2) is 17.0. The number of benzene rings is 3. The molecule has 1 fully saturated rings. The zero-order valence-electron chi connectivity index (χ0n) is 20.7. The maximum absolute atomic E-state index is 12.2. The van der Waals surface area contributed by atoms with E-state index >= 15 is 0 Å². The van der Waals surface area contributed by atoms with E-state index in [1.807, 2.05) is 36.4 Å². The molecule has 6 nitrogen and oxygen atoms in total. The van der Waals surface area contributed by atoms with Crippen LogP contribution in [0.15, 0.2) is 84.9 Å². The van der Waals surface area contributed by atoms with Crippen molar-refractivity contribution in [3.05, 3.63) is 96.6 Å². The number of hydrogen-bond acceptors (Lipinski definition) is 4. The molecule has 0 spiro atoms. The minimum atomic E-state index is -4.97. The maximum atomic E-state index is 12.2. The fraction of sp³-hybridized carbons (Fsp3) is 0.250. The van der Waals surface area contributed by atoms with Crippen molar-refractivity contribution < 1.29 is 50.8 Å². The van der Waals surface area contributed by atoms with Gasteiger partial charge in [0.15, 0.2) is 0 Å². The minimum Gasteiger partial charge on any atom is -0.538 e. The molecule has 1 aliphatic rings. The van der Waals surface area contributed by atoms with Crippen molar-refractivity contribution in [3.63, 3.8) is 0 Å². The van der Waals surface area contributed by atoms with Crippen LogP contribution >= 0.6 is 0 Å². The van der Waals surface area contributed by atoms with Crippen LogP contribution in [-0.2, 0) is 32.9 Å². The topological polar surface area (TPSA) is 66.9 Å². The van der Waals surface area contributed by atoms with Gasteiger partial charge in [-0.15, -0.1) is 0 Å². The van der Waals surface area contributed by atoms with Gasteiger partial charge in [0.25, 0.3) is 0 Å². The van der Waals surface area contributed by atoms with Crippen molar-refractivity contribution >= 4 is 18.8 Å². The summed E-state index contributed by atoms with van der Waals surface area (Å²) in [7, 11) is 0. The molecule has 3 aromatic rings. The van der Waals surface area contributed by atoms with E-state index in [2.05, 4.69) is 66.3 Å². The van der Waals surface area contributed by atoms with Crippen LogP contribution in [0.1, 0.15) is 5.56 Å². The summed E-state index contributed by atoms with van der Waals surface area (Å²) in [5.41, 5.74) is 3.87. The standard InChI is InChI=1S/C13H12.C9H10F3N2O4.C6H5.V/c1-11-7-9-13(10-8-11)12-5-3-2-4-6-12;10-9(11,12)7(5-15)18-8(17)14-3-1-13(6-16)2-4-14;1-2-4-6-5-3-1;/h2-10H,1H3;6-7H,1-4H2;1-5H;/q;2*-1;+2. The second-order valence-corrected chi connectivity index (χ2v) is 7.86. The van der Waals surface area contributed by atoms with Crippen molar-refractivity contribution in [2.75, 3.05) is 26.2 Å². The van der Waals surface area contributed by atoms with Crippen LogP contribution < -0.4 is 0 Å². The van der Waals surface area contributed by atoms with Crippen LogP contribution in [0.3, 0.4) is 0 Å². The number of hydrogen-bond donors (Lipinski definition) is 0. The molecule has 1 atom stereocenters. The first kappa shape index (κ1) is 32.5. The summed E-state index contributed by atoms with van der Waals surface area (Å²) >= 11 is 0. The number of amides is 2. The Kier molecular flexibility index (Phi) is 14.6. The van der Waals surface area contributed by atoms with Crippen molar-refractivity contribution in [3.8, 4) is 11.1 Å².